The predicted octanol–water partition coefficient (Wildman–Crippen LogP) is 6.11. The summed E-state index contributed by atoms with van der Waals surface area (Å²) in [7, 11) is 0. The molecule has 0 amide bonds. The second-order valence-corrected chi connectivity index (χ2v) is 15.2. The van der Waals surface area contributed by atoms with E-state index in [0.29, 0.717) is 17.8 Å². The lowest BCUT2D eigenvalue weighted by molar-refractivity contribution is -0.218. The van der Waals surface area contributed by atoms with Crippen LogP contribution < -0.4 is 0 Å². The number of hydrogen-bond donors (Lipinski definition) is 3. The van der Waals surface area contributed by atoms with E-state index in [4.69, 9.17) is 0 Å². The van der Waals surface area contributed by atoms with E-state index in [2.05, 4.69) is 54.5 Å². The average molecular weight is 459 g/mol. The van der Waals surface area contributed by atoms with Crippen molar-refractivity contribution in [3.05, 3.63) is 11.6 Å². The molecule has 3 N–H and O–H groups in total. The summed E-state index contributed by atoms with van der Waals surface area (Å²) < 4.78 is 0. The first-order valence-corrected chi connectivity index (χ1v) is 13.9. The van der Waals surface area contributed by atoms with Crippen LogP contribution in [0.4, 0.5) is 0 Å². The molecule has 0 bridgehead atoms. The Bertz CT molecular complexity index is 847. The van der Waals surface area contributed by atoms with Crippen molar-refractivity contribution >= 4 is 0 Å². The summed E-state index contributed by atoms with van der Waals surface area (Å²) in [6.07, 6.45) is 11.7. The van der Waals surface area contributed by atoms with Crippen LogP contribution in [0.5, 0.6) is 0 Å². The molecule has 188 valence electrons. The summed E-state index contributed by atoms with van der Waals surface area (Å²) >= 11 is 0. The van der Waals surface area contributed by atoms with Crippen molar-refractivity contribution < 1.29 is 15.3 Å². The van der Waals surface area contributed by atoms with Gasteiger partial charge in [-0.05, 0) is 97.2 Å². The minimum Gasteiger partial charge on any atom is -0.396 e. The molecule has 10 atom stereocenters. The van der Waals surface area contributed by atoms with Gasteiger partial charge in [0.05, 0.1) is 18.8 Å². The second kappa shape index (κ2) is 7.10. The van der Waals surface area contributed by atoms with Gasteiger partial charge in [0.15, 0.2) is 0 Å². The summed E-state index contributed by atoms with van der Waals surface area (Å²) in [5, 5.41) is 32.6. The largest absolute Gasteiger partial charge is 0.396 e. The summed E-state index contributed by atoms with van der Waals surface area (Å²) in [5.41, 5.74) is 2.04. The standard InChI is InChI=1S/C30H50O3/c1-25(2)16-20-19-8-9-22-27(4)12-11-23(32)28(5,18-31)21(27)10-13-30(22,7)29(19,6)15-14-26(20,3)24(33)17-25/h8,20-24,31-33H,9-18H2,1-7H3/t20-,21+,22?,23-,24+,26+,27-,28+,29+,30+/m0/s1. The zero-order chi connectivity index (χ0) is 24.2. The molecule has 0 aromatic rings. The Kier molecular flexibility index (Phi) is 5.23. The van der Waals surface area contributed by atoms with Crippen LogP contribution in [-0.2, 0) is 0 Å². The molecule has 3 nitrogen and oxygen atoms in total. The molecule has 0 saturated heterocycles. The first kappa shape index (κ1) is 24.3. The molecule has 1 unspecified atom stereocenters. The van der Waals surface area contributed by atoms with Gasteiger partial charge in [-0.15, -0.1) is 0 Å². The molecular weight excluding hydrogens is 408 g/mol. The predicted molar refractivity (Wildman–Crippen MR) is 134 cm³/mol. The van der Waals surface area contributed by atoms with Crippen molar-refractivity contribution in [1.29, 1.82) is 0 Å². The van der Waals surface area contributed by atoms with Gasteiger partial charge in [0.2, 0.25) is 0 Å². The summed E-state index contributed by atoms with van der Waals surface area (Å²) in [5.74, 6) is 1.44. The normalized spacial score (nSPS) is 57.8. The molecule has 33 heavy (non-hydrogen) atoms. The van der Waals surface area contributed by atoms with Crippen molar-refractivity contribution in [1.82, 2.24) is 0 Å². The third-order valence-corrected chi connectivity index (χ3v) is 13.2. The number of aliphatic hydroxyl groups is 3. The average Bonchev–Trinajstić information content (AvgIpc) is 2.73. The van der Waals surface area contributed by atoms with Crippen molar-refractivity contribution in [2.24, 2.45) is 50.2 Å². The van der Waals surface area contributed by atoms with E-state index in [1.807, 2.05) is 0 Å². The van der Waals surface area contributed by atoms with E-state index in [-0.39, 0.29) is 45.2 Å². The zero-order valence-electron chi connectivity index (χ0n) is 22.4. The maximum absolute atomic E-state index is 11.3. The molecule has 0 heterocycles. The van der Waals surface area contributed by atoms with Gasteiger partial charge in [0, 0.05) is 10.8 Å². The molecule has 0 aromatic heterocycles. The summed E-state index contributed by atoms with van der Waals surface area (Å²) in [6.45, 7) is 17.0. The lowest BCUT2D eigenvalue weighted by Crippen LogP contribution is -2.66. The van der Waals surface area contributed by atoms with E-state index in [1.54, 1.807) is 5.57 Å². The first-order valence-electron chi connectivity index (χ1n) is 13.9. The van der Waals surface area contributed by atoms with Crippen molar-refractivity contribution in [2.45, 2.75) is 118 Å². The fourth-order valence-corrected chi connectivity index (χ4v) is 10.7. The molecule has 4 fully saturated rings. The number of hydrogen-bond acceptors (Lipinski definition) is 3. The van der Waals surface area contributed by atoms with Gasteiger partial charge in [-0.25, -0.2) is 0 Å². The van der Waals surface area contributed by atoms with Gasteiger partial charge in [0.1, 0.15) is 0 Å². The molecule has 5 aliphatic carbocycles. The Balaban J connectivity index is 1.58. The smallest absolute Gasteiger partial charge is 0.0618 e. The fraction of sp³-hybridized carbons (Fsp3) is 0.933. The quantitative estimate of drug-likeness (QED) is 0.415. The summed E-state index contributed by atoms with van der Waals surface area (Å²) in [6, 6.07) is 0. The third-order valence-electron chi connectivity index (χ3n) is 13.2. The number of aliphatic hydroxyl groups excluding tert-OH is 3. The van der Waals surface area contributed by atoms with E-state index < -0.39 is 6.10 Å². The van der Waals surface area contributed by atoms with Gasteiger partial charge in [-0.3, -0.25) is 0 Å². The number of fused-ring (bicyclic) bond motifs is 7. The lowest BCUT2D eigenvalue weighted by atomic mass is 9.33. The molecule has 4 saturated carbocycles. The Morgan fingerprint density at radius 3 is 2.15 bits per heavy atom. The lowest BCUT2D eigenvalue weighted by Gasteiger charge is -2.71. The van der Waals surface area contributed by atoms with Gasteiger partial charge in [-0.2, -0.15) is 0 Å². The molecule has 0 aromatic carbocycles. The maximum atomic E-state index is 11.3. The Morgan fingerprint density at radius 1 is 0.788 bits per heavy atom. The minimum atomic E-state index is -0.392. The van der Waals surface area contributed by atoms with Gasteiger partial charge >= 0.3 is 0 Å². The molecule has 0 spiro atoms. The maximum Gasteiger partial charge on any atom is 0.0618 e. The molecule has 5 aliphatic rings. The topological polar surface area (TPSA) is 60.7 Å². The summed E-state index contributed by atoms with van der Waals surface area (Å²) in [4.78, 5) is 0. The molecule has 0 aliphatic heterocycles. The number of rotatable bonds is 1. The Morgan fingerprint density at radius 2 is 1.48 bits per heavy atom. The van der Waals surface area contributed by atoms with E-state index in [9.17, 15) is 15.3 Å². The molecule has 3 heteroatoms. The van der Waals surface area contributed by atoms with Crippen molar-refractivity contribution in [3.8, 4) is 0 Å². The highest BCUT2D eigenvalue weighted by Gasteiger charge is 2.69. The monoisotopic (exact) mass is 458 g/mol. The van der Waals surface area contributed by atoms with Crippen LogP contribution in [0.3, 0.4) is 0 Å². The molecule has 0 radical (unpaired) electrons. The van der Waals surface area contributed by atoms with Crippen molar-refractivity contribution in [2.75, 3.05) is 6.61 Å². The van der Waals surface area contributed by atoms with Gasteiger partial charge < -0.3 is 15.3 Å². The van der Waals surface area contributed by atoms with Crippen LogP contribution in [0, 0.1) is 50.2 Å². The number of allylic oxidation sites excluding steroid dienone is 2. The highest BCUT2D eigenvalue weighted by molar-refractivity contribution is 5.34. The molecular formula is C30H50O3. The van der Waals surface area contributed by atoms with Gasteiger partial charge in [-0.1, -0.05) is 60.1 Å². The fourth-order valence-electron chi connectivity index (χ4n) is 10.7. The van der Waals surface area contributed by atoms with Crippen molar-refractivity contribution in [3.63, 3.8) is 0 Å². The van der Waals surface area contributed by atoms with Gasteiger partial charge in [0.25, 0.3) is 0 Å². The van der Waals surface area contributed by atoms with Crippen LogP contribution in [0.2, 0.25) is 0 Å². The second-order valence-electron chi connectivity index (χ2n) is 15.2. The van der Waals surface area contributed by atoms with Crippen LogP contribution in [0.1, 0.15) is 106 Å². The van der Waals surface area contributed by atoms with Crippen LogP contribution >= 0.6 is 0 Å². The van der Waals surface area contributed by atoms with E-state index in [0.717, 1.165) is 38.5 Å². The van der Waals surface area contributed by atoms with Crippen LogP contribution in [0.15, 0.2) is 11.6 Å². The Hall–Kier alpha value is -0.380. The van der Waals surface area contributed by atoms with Crippen LogP contribution in [-0.4, -0.2) is 34.1 Å². The van der Waals surface area contributed by atoms with E-state index >= 15 is 0 Å². The SMILES string of the molecule is CC1(C)C[C@@H](O)[C@]2(C)CC[C@]3(C)C(=CCC4[C@@]5(C)CC[C@H](O)[C@](C)(CO)[C@@H]5CC[C@]43C)[C@@H]2C1. The zero-order valence-corrected chi connectivity index (χ0v) is 22.4. The third kappa shape index (κ3) is 2.91. The molecule has 5 rings (SSSR count). The van der Waals surface area contributed by atoms with E-state index in [1.165, 1.54) is 19.3 Å². The highest BCUT2D eigenvalue weighted by atomic mass is 16.3. The first-order chi connectivity index (χ1) is 15.2. The minimum absolute atomic E-state index is 0.00950. The Labute approximate surface area is 202 Å². The highest BCUT2D eigenvalue weighted by Crippen LogP contribution is 2.75. The van der Waals surface area contributed by atoms with Crippen LogP contribution in [0.25, 0.3) is 0 Å².